The van der Waals surface area contributed by atoms with Crippen molar-refractivity contribution < 1.29 is 14.4 Å². The molecule has 1 aliphatic rings. The molecule has 4 amide bonds. The van der Waals surface area contributed by atoms with E-state index in [0.717, 1.165) is 19.6 Å². The first-order chi connectivity index (χ1) is 12.6. The number of benzene rings is 1. The number of hydrogen-bond acceptors (Lipinski definition) is 5. The lowest BCUT2D eigenvalue weighted by atomic mass is 9.87. The number of urea groups is 1. The molecule has 2 rings (SSSR count). The predicted molar refractivity (Wildman–Crippen MR) is 111 cm³/mol. The topological polar surface area (TPSA) is 57.7 Å². The second-order valence-electron chi connectivity index (χ2n) is 7.15. The molecule has 1 aromatic rings. The Hall–Kier alpha value is -1.73. The van der Waals surface area contributed by atoms with Crippen LogP contribution in [0.5, 0.6) is 0 Å². The Morgan fingerprint density at radius 2 is 1.52 bits per heavy atom. The predicted octanol–water partition coefficient (Wildman–Crippen LogP) is 4.51. The molecular formula is C20H26N2O3S2. The standard InChI is InChI=1S/C20H26N2O3S2/c1-7-21-17(23)14(18(24)22(8-2)19(21)25)12-27-15-10-9-13(20(3,4)5)11-16(15)26-6/h9-12H,7-8H2,1-6H3. The summed E-state index contributed by atoms with van der Waals surface area (Å²) in [5, 5.41) is 1.58. The molecule has 27 heavy (non-hydrogen) atoms. The monoisotopic (exact) mass is 406 g/mol. The lowest BCUT2D eigenvalue weighted by Gasteiger charge is -2.32. The SMILES string of the molecule is CCN1C(=O)C(=CSc2ccc(C(C)(C)C)cc2SC)C(=O)N(CC)C1=O. The third-order valence-corrected chi connectivity index (χ3v) is 6.25. The lowest BCUT2D eigenvalue weighted by Crippen LogP contribution is -2.56. The number of nitrogens with zero attached hydrogens (tertiary/aromatic N) is 2. The highest BCUT2D eigenvalue weighted by Gasteiger charge is 2.40. The van der Waals surface area contributed by atoms with Crippen molar-refractivity contribution in [3.05, 3.63) is 34.7 Å². The van der Waals surface area contributed by atoms with Gasteiger partial charge in [0.15, 0.2) is 0 Å². The minimum absolute atomic E-state index is 0.0373. The van der Waals surface area contributed by atoms with Crippen molar-refractivity contribution in [1.82, 2.24) is 9.80 Å². The average molecular weight is 407 g/mol. The zero-order valence-electron chi connectivity index (χ0n) is 16.7. The van der Waals surface area contributed by atoms with Gasteiger partial charge in [0, 0.05) is 22.9 Å². The number of rotatable bonds is 5. The van der Waals surface area contributed by atoms with Crippen LogP contribution in [0.1, 0.15) is 40.2 Å². The van der Waals surface area contributed by atoms with Gasteiger partial charge in [0.2, 0.25) is 0 Å². The van der Waals surface area contributed by atoms with Crippen LogP contribution in [0.2, 0.25) is 0 Å². The molecule has 0 radical (unpaired) electrons. The van der Waals surface area contributed by atoms with E-state index in [0.29, 0.717) is 0 Å². The smallest absolute Gasteiger partial charge is 0.268 e. The molecular weight excluding hydrogens is 380 g/mol. The maximum atomic E-state index is 12.6. The molecule has 1 aliphatic heterocycles. The fraction of sp³-hybridized carbons (Fsp3) is 0.450. The minimum atomic E-state index is -0.545. The minimum Gasteiger partial charge on any atom is -0.268 e. The van der Waals surface area contributed by atoms with Gasteiger partial charge in [0.05, 0.1) is 0 Å². The molecule has 0 bridgehead atoms. The van der Waals surface area contributed by atoms with Gasteiger partial charge in [0.1, 0.15) is 5.57 Å². The summed E-state index contributed by atoms with van der Waals surface area (Å²) in [5.74, 6) is -1.05. The van der Waals surface area contributed by atoms with Gasteiger partial charge in [-0.2, -0.15) is 0 Å². The van der Waals surface area contributed by atoms with Crippen molar-refractivity contribution in [2.45, 2.75) is 49.8 Å². The van der Waals surface area contributed by atoms with E-state index in [2.05, 4.69) is 32.9 Å². The highest BCUT2D eigenvalue weighted by atomic mass is 32.2. The van der Waals surface area contributed by atoms with Crippen molar-refractivity contribution >= 4 is 41.4 Å². The summed E-state index contributed by atoms with van der Waals surface area (Å²) in [6, 6.07) is 5.70. The van der Waals surface area contributed by atoms with Gasteiger partial charge in [-0.15, -0.1) is 11.8 Å². The molecule has 0 N–H and O–H groups in total. The molecule has 0 spiro atoms. The quantitative estimate of drug-likeness (QED) is 0.409. The molecule has 1 fully saturated rings. The van der Waals surface area contributed by atoms with Gasteiger partial charge in [-0.25, -0.2) is 4.79 Å². The average Bonchev–Trinajstić information content (AvgIpc) is 2.61. The number of hydrogen-bond donors (Lipinski definition) is 0. The van der Waals surface area contributed by atoms with Crippen molar-refractivity contribution in [2.24, 2.45) is 0 Å². The molecule has 1 saturated heterocycles. The summed E-state index contributed by atoms with van der Waals surface area (Å²) in [6.07, 6.45) is 2.01. The van der Waals surface area contributed by atoms with Crippen molar-refractivity contribution in [3.8, 4) is 0 Å². The van der Waals surface area contributed by atoms with Crippen LogP contribution in [0.15, 0.2) is 39.0 Å². The maximum Gasteiger partial charge on any atom is 0.333 e. The normalized spacial score (nSPS) is 15.6. The number of thioether (sulfide) groups is 2. The first kappa shape index (κ1) is 21.6. The molecule has 1 heterocycles. The molecule has 0 aromatic heterocycles. The van der Waals surface area contributed by atoms with E-state index in [1.807, 2.05) is 12.3 Å². The van der Waals surface area contributed by atoms with Crippen molar-refractivity contribution in [2.75, 3.05) is 19.3 Å². The Kier molecular flexibility index (Phi) is 6.81. The van der Waals surface area contributed by atoms with E-state index in [1.165, 1.54) is 17.3 Å². The van der Waals surface area contributed by atoms with E-state index < -0.39 is 17.8 Å². The largest absolute Gasteiger partial charge is 0.333 e. The van der Waals surface area contributed by atoms with E-state index in [-0.39, 0.29) is 24.1 Å². The summed E-state index contributed by atoms with van der Waals surface area (Å²) in [6.45, 7) is 10.4. The van der Waals surface area contributed by atoms with Gasteiger partial charge >= 0.3 is 6.03 Å². The van der Waals surface area contributed by atoms with Crippen LogP contribution in [0, 0.1) is 0 Å². The number of carbonyl (C=O) groups is 3. The Labute approximate surface area is 169 Å². The van der Waals surface area contributed by atoms with E-state index in [1.54, 1.807) is 31.0 Å². The van der Waals surface area contributed by atoms with Crippen LogP contribution in [-0.4, -0.2) is 47.0 Å². The Morgan fingerprint density at radius 3 is 1.96 bits per heavy atom. The number of likely N-dealkylation sites (N-methyl/N-ethyl adjacent to an activating group) is 2. The third kappa shape index (κ3) is 4.41. The molecule has 146 valence electrons. The highest BCUT2D eigenvalue weighted by molar-refractivity contribution is 8.03. The van der Waals surface area contributed by atoms with Crippen LogP contribution in [0.4, 0.5) is 4.79 Å². The zero-order chi connectivity index (χ0) is 20.4. The lowest BCUT2D eigenvalue weighted by molar-refractivity contribution is -0.135. The van der Waals surface area contributed by atoms with E-state index in [9.17, 15) is 14.4 Å². The fourth-order valence-electron chi connectivity index (χ4n) is 2.71. The van der Waals surface area contributed by atoms with Gasteiger partial charge < -0.3 is 0 Å². The fourth-order valence-corrected chi connectivity index (χ4v) is 4.39. The Morgan fingerprint density at radius 1 is 0.963 bits per heavy atom. The molecule has 0 saturated carbocycles. The molecule has 5 nitrogen and oxygen atoms in total. The molecule has 0 aliphatic carbocycles. The highest BCUT2D eigenvalue weighted by Crippen LogP contribution is 2.35. The zero-order valence-corrected chi connectivity index (χ0v) is 18.3. The number of imide groups is 2. The van der Waals surface area contributed by atoms with Gasteiger partial charge in [-0.3, -0.25) is 19.4 Å². The van der Waals surface area contributed by atoms with Crippen LogP contribution < -0.4 is 0 Å². The second kappa shape index (κ2) is 8.52. The summed E-state index contributed by atoms with van der Waals surface area (Å²) < 4.78 is 0. The molecule has 1 aromatic carbocycles. The van der Waals surface area contributed by atoms with Crippen LogP contribution in [0.25, 0.3) is 0 Å². The summed E-state index contributed by atoms with van der Waals surface area (Å²) >= 11 is 2.97. The molecule has 0 atom stereocenters. The van der Waals surface area contributed by atoms with Crippen molar-refractivity contribution in [1.29, 1.82) is 0 Å². The number of carbonyl (C=O) groups excluding carboxylic acids is 3. The summed E-state index contributed by atoms with van der Waals surface area (Å²) in [4.78, 5) is 41.7. The maximum absolute atomic E-state index is 12.6. The van der Waals surface area contributed by atoms with E-state index in [4.69, 9.17) is 0 Å². The van der Waals surface area contributed by atoms with Gasteiger partial charge in [-0.1, -0.05) is 38.6 Å². The van der Waals surface area contributed by atoms with Crippen LogP contribution in [0.3, 0.4) is 0 Å². The van der Waals surface area contributed by atoms with Crippen LogP contribution in [-0.2, 0) is 15.0 Å². The first-order valence-electron chi connectivity index (χ1n) is 8.88. The summed E-state index contributed by atoms with van der Waals surface area (Å²) in [5.41, 5.74) is 1.31. The number of barbiturate groups is 1. The molecule has 0 unspecified atom stereocenters. The Bertz CT molecular complexity index is 769. The van der Waals surface area contributed by atoms with Gasteiger partial charge in [0.25, 0.3) is 11.8 Å². The second-order valence-corrected chi connectivity index (χ2v) is 8.91. The van der Waals surface area contributed by atoms with Gasteiger partial charge in [-0.05, 0) is 48.6 Å². The Balaban J connectivity index is 2.37. The van der Waals surface area contributed by atoms with E-state index >= 15 is 0 Å². The van der Waals surface area contributed by atoms with Crippen LogP contribution >= 0.6 is 23.5 Å². The number of amides is 4. The first-order valence-corrected chi connectivity index (χ1v) is 11.0. The van der Waals surface area contributed by atoms with Crippen molar-refractivity contribution in [3.63, 3.8) is 0 Å². The third-order valence-electron chi connectivity index (χ3n) is 4.38. The summed E-state index contributed by atoms with van der Waals surface area (Å²) in [7, 11) is 0. The molecule has 7 heteroatoms.